The molecule has 1 aliphatic rings. The van der Waals surface area contributed by atoms with Crippen LogP contribution in [0.5, 0.6) is 0 Å². The van der Waals surface area contributed by atoms with Crippen LogP contribution in [0.1, 0.15) is 78.1 Å². The molecule has 0 aromatic heterocycles. The molecule has 0 aromatic carbocycles. The van der Waals surface area contributed by atoms with Crippen molar-refractivity contribution in [1.29, 1.82) is 0 Å². The molecule has 0 radical (unpaired) electrons. The maximum absolute atomic E-state index is 3.70. The number of unbranched alkanes of at least 4 members (excludes halogenated alkanes) is 3. The van der Waals surface area contributed by atoms with Crippen molar-refractivity contribution in [2.75, 3.05) is 6.54 Å². The van der Waals surface area contributed by atoms with Crippen LogP contribution in [0.3, 0.4) is 0 Å². The van der Waals surface area contributed by atoms with Crippen molar-refractivity contribution in [3.63, 3.8) is 0 Å². The Labute approximate surface area is 102 Å². The van der Waals surface area contributed by atoms with Gasteiger partial charge in [-0.3, -0.25) is 0 Å². The predicted molar refractivity (Wildman–Crippen MR) is 72.8 cm³/mol. The number of hydrogen-bond donors (Lipinski definition) is 1. The van der Waals surface area contributed by atoms with Gasteiger partial charge in [0.25, 0.3) is 0 Å². The summed E-state index contributed by atoms with van der Waals surface area (Å²) >= 11 is 0. The lowest BCUT2D eigenvalue weighted by Gasteiger charge is -2.30. The second-order valence-corrected chi connectivity index (χ2v) is 5.53. The number of rotatable bonds is 8. The molecule has 0 saturated heterocycles. The minimum atomic E-state index is 0.838. The SMILES string of the molecule is CCCCCCC1CCCC(NCCC)C1. The molecule has 2 atom stereocenters. The molecule has 1 N–H and O–H groups in total. The highest BCUT2D eigenvalue weighted by Gasteiger charge is 2.20. The molecule has 0 heterocycles. The zero-order valence-corrected chi connectivity index (χ0v) is 11.4. The van der Waals surface area contributed by atoms with Crippen molar-refractivity contribution in [2.45, 2.75) is 84.1 Å². The van der Waals surface area contributed by atoms with Crippen molar-refractivity contribution in [3.8, 4) is 0 Å². The van der Waals surface area contributed by atoms with Crippen LogP contribution in [0, 0.1) is 5.92 Å². The Morgan fingerprint density at radius 2 is 1.88 bits per heavy atom. The zero-order chi connectivity index (χ0) is 11.6. The van der Waals surface area contributed by atoms with Gasteiger partial charge in [0.05, 0.1) is 0 Å². The van der Waals surface area contributed by atoms with Gasteiger partial charge in [-0.2, -0.15) is 0 Å². The molecule has 1 aliphatic carbocycles. The van der Waals surface area contributed by atoms with E-state index in [1.54, 1.807) is 0 Å². The first kappa shape index (κ1) is 14.0. The second kappa shape index (κ2) is 9.04. The van der Waals surface area contributed by atoms with Gasteiger partial charge in [-0.05, 0) is 31.7 Å². The summed E-state index contributed by atoms with van der Waals surface area (Å²) in [6, 6.07) is 0.838. The molecule has 0 aliphatic heterocycles. The van der Waals surface area contributed by atoms with E-state index >= 15 is 0 Å². The lowest BCUT2D eigenvalue weighted by Crippen LogP contribution is -2.34. The van der Waals surface area contributed by atoms with Gasteiger partial charge in [0, 0.05) is 6.04 Å². The van der Waals surface area contributed by atoms with Crippen LogP contribution in [0.15, 0.2) is 0 Å². The normalized spacial score (nSPS) is 25.9. The molecule has 1 nitrogen and oxygen atoms in total. The van der Waals surface area contributed by atoms with Crippen molar-refractivity contribution < 1.29 is 0 Å². The molecular weight excluding hydrogens is 194 g/mol. The average molecular weight is 225 g/mol. The molecule has 2 unspecified atom stereocenters. The van der Waals surface area contributed by atoms with Crippen LogP contribution >= 0.6 is 0 Å². The Kier molecular flexibility index (Phi) is 7.92. The fraction of sp³-hybridized carbons (Fsp3) is 1.00. The van der Waals surface area contributed by atoms with Gasteiger partial charge in [-0.1, -0.05) is 58.8 Å². The summed E-state index contributed by atoms with van der Waals surface area (Å²) < 4.78 is 0. The predicted octanol–water partition coefficient (Wildman–Crippen LogP) is 4.52. The van der Waals surface area contributed by atoms with E-state index in [2.05, 4.69) is 19.2 Å². The third-order valence-corrected chi connectivity index (χ3v) is 3.93. The van der Waals surface area contributed by atoms with Crippen LogP contribution in [0.2, 0.25) is 0 Å². The summed E-state index contributed by atoms with van der Waals surface area (Å²) in [4.78, 5) is 0. The minimum absolute atomic E-state index is 0.838. The summed E-state index contributed by atoms with van der Waals surface area (Å²) in [7, 11) is 0. The van der Waals surface area contributed by atoms with Gasteiger partial charge in [-0.25, -0.2) is 0 Å². The molecule has 96 valence electrons. The van der Waals surface area contributed by atoms with Crippen molar-refractivity contribution in [1.82, 2.24) is 5.32 Å². The summed E-state index contributed by atoms with van der Waals surface area (Å²) in [5.41, 5.74) is 0. The summed E-state index contributed by atoms with van der Waals surface area (Å²) in [5.74, 6) is 1.03. The van der Waals surface area contributed by atoms with Crippen LogP contribution < -0.4 is 5.32 Å². The van der Waals surface area contributed by atoms with Crippen molar-refractivity contribution in [2.24, 2.45) is 5.92 Å². The van der Waals surface area contributed by atoms with Gasteiger partial charge in [-0.15, -0.1) is 0 Å². The highest BCUT2D eigenvalue weighted by Crippen LogP contribution is 2.28. The van der Waals surface area contributed by atoms with E-state index in [1.165, 1.54) is 70.8 Å². The molecule has 1 heteroatoms. The number of hydrogen-bond acceptors (Lipinski definition) is 1. The van der Waals surface area contributed by atoms with Crippen LogP contribution in [0.25, 0.3) is 0 Å². The molecule has 16 heavy (non-hydrogen) atoms. The standard InChI is InChI=1S/C15H31N/c1-3-5-6-7-9-14-10-8-11-15(13-14)16-12-4-2/h14-16H,3-13H2,1-2H3. The Morgan fingerprint density at radius 1 is 1.00 bits per heavy atom. The van der Waals surface area contributed by atoms with Gasteiger partial charge in [0.1, 0.15) is 0 Å². The third kappa shape index (κ3) is 5.89. The van der Waals surface area contributed by atoms with E-state index < -0.39 is 0 Å². The molecular formula is C15H31N. The van der Waals surface area contributed by atoms with E-state index in [0.29, 0.717) is 0 Å². The van der Waals surface area contributed by atoms with Crippen LogP contribution in [0.4, 0.5) is 0 Å². The Hall–Kier alpha value is -0.0400. The van der Waals surface area contributed by atoms with Crippen molar-refractivity contribution in [3.05, 3.63) is 0 Å². The molecule has 1 rings (SSSR count). The molecule has 0 spiro atoms. The summed E-state index contributed by atoms with van der Waals surface area (Å²) in [5, 5.41) is 3.70. The van der Waals surface area contributed by atoms with E-state index in [4.69, 9.17) is 0 Å². The van der Waals surface area contributed by atoms with Crippen LogP contribution in [-0.2, 0) is 0 Å². The van der Waals surface area contributed by atoms with Crippen LogP contribution in [-0.4, -0.2) is 12.6 Å². The highest BCUT2D eigenvalue weighted by atomic mass is 14.9. The fourth-order valence-corrected chi connectivity index (χ4v) is 2.95. The lowest BCUT2D eigenvalue weighted by atomic mass is 9.82. The molecule has 0 aromatic rings. The average Bonchev–Trinajstić information content (AvgIpc) is 2.33. The van der Waals surface area contributed by atoms with Gasteiger partial charge in [0.2, 0.25) is 0 Å². The van der Waals surface area contributed by atoms with E-state index in [9.17, 15) is 0 Å². The first-order valence-electron chi connectivity index (χ1n) is 7.60. The van der Waals surface area contributed by atoms with Gasteiger partial charge >= 0.3 is 0 Å². The lowest BCUT2D eigenvalue weighted by molar-refractivity contribution is 0.268. The Balaban J connectivity index is 2.07. The molecule has 0 bridgehead atoms. The largest absolute Gasteiger partial charge is 0.314 e. The Morgan fingerprint density at radius 3 is 2.62 bits per heavy atom. The van der Waals surface area contributed by atoms with Gasteiger partial charge in [0.15, 0.2) is 0 Å². The van der Waals surface area contributed by atoms with E-state index in [1.807, 2.05) is 0 Å². The highest BCUT2D eigenvalue weighted by molar-refractivity contribution is 4.77. The molecule has 1 fully saturated rings. The molecule has 1 saturated carbocycles. The smallest absolute Gasteiger partial charge is 0.00697 e. The minimum Gasteiger partial charge on any atom is -0.314 e. The third-order valence-electron chi connectivity index (χ3n) is 3.93. The van der Waals surface area contributed by atoms with Crippen molar-refractivity contribution >= 4 is 0 Å². The second-order valence-electron chi connectivity index (χ2n) is 5.53. The Bertz CT molecular complexity index is 156. The first-order valence-corrected chi connectivity index (χ1v) is 7.60. The first-order chi connectivity index (χ1) is 7.86. The monoisotopic (exact) mass is 225 g/mol. The summed E-state index contributed by atoms with van der Waals surface area (Å²) in [6.45, 7) is 5.77. The van der Waals surface area contributed by atoms with Gasteiger partial charge < -0.3 is 5.32 Å². The quantitative estimate of drug-likeness (QED) is 0.599. The fourth-order valence-electron chi connectivity index (χ4n) is 2.95. The summed E-state index contributed by atoms with van der Waals surface area (Å²) in [6.07, 6.45) is 14.3. The maximum atomic E-state index is 3.70. The topological polar surface area (TPSA) is 12.0 Å². The zero-order valence-electron chi connectivity index (χ0n) is 11.4. The maximum Gasteiger partial charge on any atom is 0.00697 e. The molecule has 0 amide bonds. The van der Waals surface area contributed by atoms with E-state index in [-0.39, 0.29) is 0 Å². The number of nitrogens with one attached hydrogen (secondary N) is 1. The van der Waals surface area contributed by atoms with E-state index in [0.717, 1.165) is 12.0 Å².